The molecule has 0 amide bonds. The summed E-state index contributed by atoms with van der Waals surface area (Å²) < 4.78 is 8.62. The van der Waals surface area contributed by atoms with Crippen LogP contribution in [0.25, 0.3) is 0 Å². The lowest BCUT2D eigenvalue weighted by atomic mass is 10.4. The monoisotopic (exact) mass is 128 g/mol. The normalized spacial score (nSPS) is 11.2. The summed E-state index contributed by atoms with van der Waals surface area (Å²) in [5, 5.41) is 0. The van der Waals surface area contributed by atoms with Gasteiger partial charge in [-0.2, -0.15) is 0 Å². The first-order valence-electron chi connectivity index (χ1n) is 2.41. The molecule has 0 aromatic heterocycles. The van der Waals surface area contributed by atoms with Crippen LogP contribution in [0, 0.1) is 12.3 Å². The van der Waals surface area contributed by atoms with Crippen LogP contribution in [-0.2, 0) is 9.47 Å². The summed E-state index contributed by atoms with van der Waals surface area (Å²) in [6.45, 7) is 1.58. The Kier molecular flexibility index (Phi) is 3.29. The second-order valence-electron chi connectivity index (χ2n) is 1.38. The second-order valence-corrected chi connectivity index (χ2v) is 1.38. The van der Waals surface area contributed by atoms with E-state index in [0.29, 0.717) is 0 Å². The molecule has 0 aliphatic heterocycles. The van der Waals surface area contributed by atoms with Gasteiger partial charge in [0.25, 0.3) is 0 Å². The summed E-state index contributed by atoms with van der Waals surface area (Å²) >= 11 is 0. The van der Waals surface area contributed by atoms with Crippen LogP contribution in [0.4, 0.5) is 4.79 Å². The molecule has 0 saturated carbocycles. The Bertz CT molecular complexity index is 134. The highest BCUT2D eigenvalue weighted by Gasteiger charge is 2.03. The molecule has 9 heavy (non-hydrogen) atoms. The Hall–Kier alpha value is -1.17. The molecule has 0 aliphatic rings. The first-order valence-corrected chi connectivity index (χ1v) is 2.41. The Morgan fingerprint density at radius 2 is 2.33 bits per heavy atom. The SMILES string of the molecule is C#CC(C)OC(=O)OC. The van der Waals surface area contributed by atoms with E-state index >= 15 is 0 Å². The molecule has 0 spiro atoms. The molecular formula is C6H8O3. The number of rotatable bonds is 1. The molecule has 3 heteroatoms. The van der Waals surface area contributed by atoms with Crippen molar-refractivity contribution < 1.29 is 14.3 Å². The summed E-state index contributed by atoms with van der Waals surface area (Å²) in [6, 6.07) is 0. The summed E-state index contributed by atoms with van der Waals surface area (Å²) in [5.41, 5.74) is 0. The van der Waals surface area contributed by atoms with E-state index in [-0.39, 0.29) is 0 Å². The van der Waals surface area contributed by atoms with Crippen LogP contribution in [0.2, 0.25) is 0 Å². The lowest BCUT2D eigenvalue weighted by Gasteiger charge is -2.03. The van der Waals surface area contributed by atoms with Crippen LogP contribution in [-0.4, -0.2) is 19.4 Å². The van der Waals surface area contributed by atoms with E-state index in [4.69, 9.17) is 6.42 Å². The van der Waals surface area contributed by atoms with Crippen molar-refractivity contribution in [1.82, 2.24) is 0 Å². The minimum Gasteiger partial charge on any atom is -0.438 e. The number of ether oxygens (including phenoxy) is 2. The van der Waals surface area contributed by atoms with E-state index in [0.717, 1.165) is 0 Å². The highest BCUT2D eigenvalue weighted by atomic mass is 16.7. The second kappa shape index (κ2) is 3.79. The van der Waals surface area contributed by atoms with Gasteiger partial charge in [-0.1, -0.05) is 5.92 Å². The third-order valence-electron chi connectivity index (χ3n) is 0.674. The highest BCUT2D eigenvalue weighted by molar-refractivity contribution is 5.60. The number of hydrogen-bond donors (Lipinski definition) is 0. The molecular weight excluding hydrogens is 120 g/mol. The van der Waals surface area contributed by atoms with E-state index in [2.05, 4.69) is 15.4 Å². The van der Waals surface area contributed by atoms with Gasteiger partial charge in [-0.05, 0) is 6.92 Å². The molecule has 0 rings (SSSR count). The number of carbonyl (C=O) groups is 1. The smallest absolute Gasteiger partial charge is 0.438 e. The molecule has 0 aromatic rings. The van der Waals surface area contributed by atoms with Gasteiger partial charge in [-0.15, -0.1) is 6.42 Å². The van der Waals surface area contributed by atoms with Crippen LogP contribution in [0.3, 0.4) is 0 Å². The predicted octanol–water partition coefficient (Wildman–Crippen LogP) is 0.791. The Morgan fingerprint density at radius 3 is 2.67 bits per heavy atom. The summed E-state index contributed by atoms with van der Waals surface area (Å²) in [5.74, 6) is 2.21. The van der Waals surface area contributed by atoms with E-state index in [1.807, 2.05) is 0 Å². The summed E-state index contributed by atoms with van der Waals surface area (Å²) in [7, 11) is 1.23. The van der Waals surface area contributed by atoms with Crippen molar-refractivity contribution in [3.63, 3.8) is 0 Å². The minimum absolute atomic E-state index is 0.516. The van der Waals surface area contributed by atoms with Crippen molar-refractivity contribution >= 4 is 6.16 Å². The molecule has 0 heterocycles. The molecule has 0 aliphatic carbocycles. The van der Waals surface area contributed by atoms with Gasteiger partial charge >= 0.3 is 6.16 Å². The number of terminal acetylenes is 1. The van der Waals surface area contributed by atoms with Crippen molar-refractivity contribution in [2.24, 2.45) is 0 Å². The summed E-state index contributed by atoms with van der Waals surface area (Å²) in [6.07, 6.45) is 3.63. The molecule has 0 saturated heterocycles. The Labute approximate surface area is 54.0 Å². The molecule has 0 aromatic carbocycles. The van der Waals surface area contributed by atoms with Gasteiger partial charge in [0.05, 0.1) is 7.11 Å². The molecule has 50 valence electrons. The van der Waals surface area contributed by atoms with E-state index < -0.39 is 12.3 Å². The van der Waals surface area contributed by atoms with Gasteiger partial charge in [-0.3, -0.25) is 0 Å². The van der Waals surface area contributed by atoms with Crippen LogP contribution >= 0.6 is 0 Å². The lowest BCUT2D eigenvalue weighted by molar-refractivity contribution is 0.0604. The zero-order valence-electron chi connectivity index (χ0n) is 5.38. The fourth-order valence-electron chi connectivity index (χ4n) is 0.226. The number of methoxy groups -OCH3 is 1. The first kappa shape index (κ1) is 7.83. The summed E-state index contributed by atoms with van der Waals surface area (Å²) in [4.78, 5) is 10.2. The Balaban J connectivity index is 3.50. The van der Waals surface area contributed by atoms with Crippen molar-refractivity contribution in [1.29, 1.82) is 0 Å². The maximum absolute atomic E-state index is 10.2. The quantitative estimate of drug-likeness (QED) is 0.387. The van der Waals surface area contributed by atoms with Crippen molar-refractivity contribution in [3.8, 4) is 12.3 Å². The molecule has 0 radical (unpaired) electrons. The average Bonchev–Trinajstić information content (AvgIpc) is 1.87. The lowest BCUT2D eigenvalue weighted by Crippen LogP contribution is -2.12. The molecule has 1 unspecified atom stereocenters. The van der Waals surface area contributed by atoms with Crippen LogP contribution in [0.15, 0.2) is 0 Å². The number of carbonyl (C=O) groups excluding carboxylic acids is 1. The van der Waals surface area contributed by atoms with Gasteiger partial charge in [0.2, 0.25) is 0 Å². The molecule has 3 nitrogen and oxygen atoms in total. The van der Waals surface area contributed by atoms with Gasteiger partial charge in [0, 0.05) is 0 Å². The first-order chi connectivity index (χ1) is 4.20. The van der Waals surface area contributed by atoms with Crippen LogP contribution in [0.5, 0.6) is 0 Å². The van der Waals surface area contributed by atoms with Crippen LogP contribution in [0.1, 0.15) is 6.92 Å². The van der Waals surface area contributed by atoms with Crippen molar-refractivity contribution in [2.75, 3.05) is 7.11 Å². The fourth-order valence-corrected chi connectivity index (χ4v) is 0.226. The van der Waals surface area contributed by atoms with Gasteiger partial charge in [0.15, 0.2) is 6.10 Å². The van der Waals surface area contributed by atoms with Gasteiger partial charge < -0.3 is 9.47 Å². The van der Waals surface area contributed by atoms with Gasteiger partial charge in [0.1, 0.15) is 0 Å². The third kappa shape index (κ3) is 3.42. The van der Waals surface area contributed by atoms with Crippen molar-refractivity contribution in [3.05, 3.63) is 0 Å². The zero-order chi connectivity index (χ0) is 7.28. The molecule has 0 fully saturated rings. The van der Waals surface area contributed by atoms with E-state index in [9.17, 15) is 4.79 Å². The Morgan fingerprint density at radius 1 is 1.78 bits per heavy atom. The maximum atomic E-state index is 10.2. The largest absolute Gasteiger partial charge is 0.509 e. The average molecular weight is 128 g/mol. The molecule has 0 N–H and O–H groups in total. The standard InChI is InChI=1S/C6H8O3/c1-4-5(2)9-6(7)8-3/h1,5H,2-3H3. The third-order valence-corrected chi connectivity index (χ3v) is 0.674. The molecule has 1 atom stereocenters. The highest BCUT2D eigenvalue weighted by Crippen LogP contribution is 1.89. The van der Waals surface area contributed by atoms with Gasteiger partial charge in [-0.25, -0.2) is 4.79 Å². The fraction of sp³-hybridized carbons (Fsp3) is 0.500. The van der Waals surface area contributed by atoms with Crippen molar-refractivity contribution in [2.45, 2.75) is 13.0 Å². The zero-order valence-corrected chi connectivity index (χ0v) is 5.38. The molecule has 0 bridgehead atoms. The van der Waals surface area contributed by atoms with Crippen LogP contribution < -0.4 is 0 Å². The van der Waals surface area contributed by atoms with E-state index in [1.54, 1.807) is 6.92 Å². The van der Waals surface area contributed by atoms with E-state index in [1.165, 1.54) is 7.11 Å². The predicted molar refractivity (Wildman–Crippen MR) is 31.8 cm³/mol. The minimum atomic E-state index is -0.750. The number of hydrogen-bond acceptors (Lipinski definition) is 3. The maximum Gasteiger partial charge on any atom is 0.509 e. The topological polar surface area (TPSA) is 35.5 Å².